The summed E-state index contributed by atoms with van der Waals surface area (Å²) in [6.07, 6.45) is 0. The van der Waals surface area contributed by atoms with Crippen LogP contribution in [-0.4, -0.2) is 12.9 Å². The first-order valence-corrected chi connectivity index (χ1v) is 6.53. The highest BCUT2D eigenvalue weighted by atomic mass is 79.9. The number of halogens is 3. The molecule has 0 aromatic heterocycles. The van der Waals surface area contributed by atoms with Gasteiger partial charge < -0.3 is 4.74 Å². The normalized spacial score (nSPS) is 10.3. The smallest absolute Gasteiger partial charge is 0.194 e. The first-order chi connectivity index (χ1) is 9.02. The number of carbonyl (C=O) groups is 1. The first-order valence-electron chi connectivity index (χ1n) is 5.36. The van der Waals surface area contributed by atoms with Gasteiger partial charge >= 0.3 is 0 Å². The lowest BCUT2D eigenvalue weighted by molar-refractivity contribution is 0.103. The van der Waals surface area contributed by atoms with Gasteiger partial charge in [0.1, 0.15) is 11.6 Å². The van der Waals surface area contributed by atoms with Crippen LogP contribution < -0.4 is 4.74 Å². The summed E-state index contributed by atoms with van der Waals surface area (Å²) < 4.78 is 18.8. The van der Waals surface area contributed by atoms with Crippen LogP contribution in [0.5, 0.6) is 5.75 Å². The van der Waals surface area contributed by atoms with Crippen molar-refractivity contribution in [2.45, 2.75) is 0 Å². The Hall–Kier alpha value is -1.39. The van der Waals surface area contributed by atoms with Crippen molar-refractivity contribution < 1.29 is 13.9 Å². The number of hydrogen-bond acceptors (Lipinski definition) is 2. The fourth-order valence-corrected chi connectivity index (χ4v) is 2.25. The lowest BCUT2D eigenvalue weighted by Gasteiger charge is -2.07. The van der Waals surface area contributed by atoms with Gasteiger partial charge in [-0.1, -0.05) is 27.5 Å². The fraction of sp³-hybridized carbons (Fsp3) is 0.0714. The van der Waals surface area contributed by atoms with Crippen LogP contribution in [0.15, 0.2) is 40.9 Å². The van der Waals surface area contributed by atoms with Crippen LogP contribution in [0, 0.1) is 5.82 Å². The van der Waals surface area contributed by atoms with Crippen LogP contribution in [0.4, 0.5) is 4.39 Å². The van der Waals surface area contributed by atoms with E-state index in [1.165, 1.54) is 31.4 Å². The summed E-state index contributed by atoms with van der Waals surface area (Å²) in [5.41, 5.74) is 0.636. The van der Waals surface area contributed by atoms with Crippen LogP contribution in [0.2, 0.25) is 5.02 Å². The Morgan fingerprint density at radius 3 is 2.68 bits per heavy atom. The van der Waals surface area contributed by atoms with E-state index in [4.69, 9.17) is 16.3 Å². The lowest BCUT2D eigenvalue weighted by Crippen LogP contribution is -2.03. The molecule has 0 atom stereocenters. The number of hydrogen-bond donors (Lipinski definition) is 0. The summed E-state index contributed by atoms with van der Waals surface area (Å²) in [6, 6.07) is 8.64. The van der Waals surface area contributed by atoms with Gasteiger partial charge in [-0.2, -0.15) is 0 Å². The Bertz CT molecular complexity index is 643. The summed E-state index contributed by atoms with van der Waals surface area (Å²) in [5, 5.41) is 0.414. The third-order valence-corrected chi connectivity index (χ3v) is 3.59. The molecule has 2 nitrogen and oxygen atoms in total. The molecular weight excluding hydrogens is 335 g/mol. The third kappa shape index (κ3) is 2.96. The predicted octanol–water partition coefficient (Wildman–Crippen LogP) is 4.48. The second kappa shape index (κ2) is 5.72. The molecule has 0 aliphatic heterocycles. The number of ketones is 1. The van der Waals surface area contributed by atoms with Gasteiger partial charge in [-0.25, -0.2) is 4.39 Å². The Morgan fingerprint density at radius 1 is 1.26 bits per heavy atom. The molecule has 0 heterocycles. The van der Waals surface area contributed by atoms with Gasteiger partial charge in [-0.3, -0.25) is 4.79 Å². The number of ether oxygens (including phenoxy) is 1. The zero-order valence-electron chi connectivity index (χ0n) is 9.91. The Labute approximate surface area is 123 Å². The summed E-state index contributed by atoms with van der Waals surface area (Å²) in [7, 11) is 1.47. The average molecular weight is 344 g/mol. The van der Waals surface area contributed by atoms with Crippen molar-refractivity contribution in [3.63, 3.8) is 0 Å². The molecule has 2 aromatic carbocycles. The van der Waals surface area contributed by atoms with E-state index in [0.29, 0.717) is 20.8 Å². The Morgan fingerprint density at radius 2 is 2.00 bits per heavy atom. The average Bonchev–Trinajstić information content (AvgIpc) is 2.41. The van der Waals surface area contributed by atoms with Crippen molar-refractivity contribution >= 4 is 33.3 Å². The summed E-state index contributed by atoms with van der Waals surface area (Å²) in [4.78, 5) is 12.3. The minimum absolute atomic E-state index is 0.254. The molecule has 0 bridgehead atoms. The lowest BCUT2D eigenvalue weighted by atomic mass is 10.0. The SMILES string of the molecule is COc1cc(C(=O)c2cc(F)ccc2Br)ccc1Cl. The van der Waals surface area contributed by atoms with E-state index in [1.54, 1.807) is 12.1 Å². The maximum Gasteiger partial charge on any atom is 0.194 e. The molecular formula is C14H9BrClFO2. The molecule has 0 aliphatic rings. The van der Waals surface area contributed by atoms with Crippen molar-refractivity contribution in [2.24, 2.45) is 0 Å². The molecule has 0 spiro atoms. The second-order valence-electron chi connectivity index (χ2n) is 3.80. The molecule has 2 rings (SSSR count). The van der Waals surface area contributed by atoms with E-state index in [2.05, 4.69) is 15.9 Å². The van der Waals surface area contributed by atoms with Gasteiger partial charge in [0.15, 0.2) is 5.78 Å². The molecule has 0 unspecified atom stereocenters. The Kier molecular flexibility index (Phi) is 4.22. The molecule has 2 aromatic rings. The van der Waals surface area contributed by atoms with Gasteiger partial charge in [0.2, 0.25) is 0 Å². The van der Waals surface area contributed by atoms with Crippen molar-refractivity contribution in [1.82, 2.24) is 0 Å². The van der Waals surface area contributed by atoms with Crippen LogP contribution >= 0.6 is 27.5 Å². The predicted molar refractivity (Wildman–Crippen MR) is 75.5 cm³/mol. The minimum atomic E-state index is -0.465. The zero-order chi connectivity index (χ0) is 14.0. The minimum Gasteiger partial charge on any atom is -0.495 e. The van der Waals surface area contributed by atoms with E-state index in [1.807, 2.05) is 0 Å². The van der Waals surface area contributed by atoms with Crippen molar-refractivity contribution in [3.05, 3.63) is 62.8 Å². The van der Waals surface area contributed by atoms with E-state index >= 15 is 0 Å². The zero-order valence-corrected chi connectivity index (χ0v) is 12.3. The highest BCUT2D eigenvalue weighted by Gasteiger charge is 2.15. The van der Waals surface area contributed by atoms with Gasteiger partial charge in [0.25, 0.3) is 0 Å². The third-order valence-electron chi connectivity index (χ3n) is 2.59. The summed E-state index contributed by atoms with van der Waals surface area (Å²) in [5.74, 6) is -0.367. The summed E-state index contributed by atoms with van der Waals surface area (Å²) >= 11 is 9.13. The Balaban J connectivity index is 2.47. The molecule has 0 saturated carbocycles. The molecule has 0 N–H and O–H groups in total. The topological polar surface area (TPSA) is 26.3 Å². The van der Waals surface area contributed by atoms with Crippen molar-refractivity contribution in [2.75, 3.05) is 7.11 Å². The van der Waals surface area contributed by atoms with E-state index in [0.717, 1.165) is 0 Å². The number of rotatable bonds is 3. The molecule has 0 radical (unpaired) electrons. The fourth-order valence-electron chi connectivity index (χ4n) is 1.63. The van der Waals surface area contributed by atoms with Crippen LogP contribution in [-0.2, 0) is 0 Å². The molecule has 0 aliphatic carbocycles. The molecule has 0 saturated heterocycles. The van der Waals surface area contributed by atoms with Crippen LogP contribution in [0.1, 0.15) is 15.9 Å². The first kappa shape index (κ1) is 14.0. The van der Waals surface area contributed by atoms with Gasteiger partial charge in [0, 0.05) is 15.6 Å². The van der Waals surface area contributed by atoms with E-state index < -0.39 is 5.82 Å². The molecule has 5 heteroatoms. The number of carbonyl (C=O) groups excluding carboxylic acids is 1. The standard InChI is InChI=1S/C14H9BrClFO2/c1-19-13-6-8(2-5-12(13)16)14(18)10-7-9(17)3-4-11(10)15/h2-7H,1H3. The summed E-state index contributed by atoms with van der Waals surface area (Å²) in [6.45, 7) is 0. The van der Waals surface area contributed by atoms with Gasteiger partial charge in [-0.15, -0.1) is 0 Å². The monoisotopic (exact) mass is 342 g/mol. The largest absolute Gasteiger partial charge is 0.495 e. The van der Waals surface area contributed by atoms with Crippen molar-refractivity contribution in [3.8, 4) is 5.75 Å². The van der Waals surface area contributed by atoms with Crippen LogP contribution in [0.25, 0.3) is 0 Å². The second-order valence-corrected chi connectivity index (χ2v) is 5.06. The molecule has 98 valence electrons. The van der Waals surface area contributed by atoms with Crippen LogP contribution in [0.3, 0.4) is 0 Å². The highest BCUT2D eigenvalue weighted by molar-refractivity contribution is 9.10. The highest BCUT2D eigenvalue weighted by Crippen LogP contribution is 2.28. The molecule has 0 amide bonds. The molecule has 19 heavy (non-hydrogen) atoms. The number of benzene rings is 2. The van der Waals surface area contributed by atoms with Gasteiger partial charge in [-0.05, 0) is 36.4 Å². The number of methoxy groups -OCH3 is 1. The van der Waals surface area contributed by atoms with E-state index in [-0.39, 0.29) is 11.3 Å². The van der Waals surface area contributed by atoms with Gasteiger partial charge in [0.05, 0.1) is 12.1 Å². The quantitative estimate of drug-likeness (QED) is 0.768. The maximum atomic E-state index is 13.2. The maximum absolute atomic E-state index is 13.2. The van der Waals surface area contributed by atoms with E-state index in [9.17, 15) is 9.18 Å². The molecule has 0 fully saturated rings. The van der Waals surface area contributed by atoms with Crippen molar-refractivity contribution in [1.29, 1.82) is 0 Å².